The maximum absolute atomic E-state index is 10.9. The Bertz CT molecular complexity index is 173. The summed E-state index contributed by atoms with van der Waals surface area (Å²) in [5.74, 6) is 0. The summed E-state index contributed by atoms with van der Waals surface area (Å²) < 4.78 is 0. The van der Waals surface area contributed by atoms with E-state index < -0.39 is 0 Å². The first-order chi connectivity index (χ1) is 6.61. The molecule has 0 aromatic carbocycles. The second-order valence-corrected chi connectivity index (χ2v) is 3.19. The van der Waals surface area contributed by atoms with E-state index in [1.807, 2.05) is 13.8 Å². The maximum atomic E-state index is 10.9. The first kappa shape index (κ1) is 12.9. The van der Waals surface area contributed by atoms with Crippen LogP contribution < -0.4 is 11.1 Å². The Morgan fingerprint density at radius 1 is 1.50 bits per heavy atom. The van der Waals surface area contributed by atoms with E-state index >= 15 is 0 Å². The van der Waals surface area contributed by atoms with Crippen molar-refractivity contribution >= 4 is 0 Å². The van der Waals surface area contributed by atoms with Crippen LogP contribution in [0.15, 0.2) is 5.28 Å². The van der Waals surface area contributed by atoms with Crippen molar-refractivity contribution in [3.63, 3.8) is 0 Å². The summed E-state index contributed by atoms with van der Waals surface area (Å²) in [5.41, 5.74) is 5.28. The lowest BCUT2D eigenvalue weighted by Crippen LogP contribution is -2.41. The van der Waals surface area contributed by atoms with Crippen molar-refractivity contribution in [1.82, 2.24) is 10.3 Å². The van der Waals surface area contributed by atoms with Gasteiger partial charge in [-0.1, -0.05) is 13.8 Å². The van der Waals surface area contributed by atoms with Crippen molar-refractivity contribution in [2.75, 3.05) is 26.2 Å². The molecule has 7 nitrogen and oxygen atoms in total. The van der Waals surface area contributed by atoms with E-state index in [2.05, 4.69) is 10.6 Å². The van der Waals surface area contributed by atoms with E-state index in [0.717, 1.165) is 0 Å². The van der Waals surface area contributed by atoms with E-state index in [-0.39, 0.29) is 4.97 Å². The minimum absolute atomic E-state index is 0.0366. The normalized spacial score (nSPS) is 12.1. The first-order valence-electron chi connectivity index (χ1n) is 4.60. The first-order valence-corrected chi connectivity index (χ1v) is 4.60. The molecule has 0 heterocycles. The number of hydrazine groups is 1. The van der Waals surface area contributed by atoms with Crippen LogP contribution in [-0.4, -0.2) is 42.2 Å². The van der Waals surface area contributed by atoms with Crippen LogP contribution in [0.4, 0.5) is 0 Å². The van der Waals surface area contributed by atoms with E-state index in [0.29, 0.717) is 32.2 Å². The Morgan fingerprint density at radius 3 is 2.57 bits per heavy atom. The maximum Gasteiger partial charge on any atom is 0.0892 e. The largest absolute Gasteiger partial charge is 0.737 e. The van der Waals surface area contributed by atoms with Gasteiger partial charge in [-0.25, -0.2) is 0 Å². The lowest BCUT2D eigenvalue weighted by atomic mass is 10.4. The quantitative estimate of drug-likeness (QED) is 0.334. The van der Waals surface area contributed by atoms with Gasteiger partial charge in [-0.05, 0) is 5.28 Å². The highest BCUT2D eigenvalue weighted by atomic mass is 16.6. The smallest absolute Gasteiger partial charge is 0.0892 e. The van der Waals surface area contributed by atoms with Gasteiger partial charge in [0, 0.05) is 24.1 Å². The third-order valence-corrected chi connectivity index (χ3v) is 1.62. The topological polar surface area (TPSA) is 103 Å². The molecule has 14 heavy (non-hydrogen) atoms. The summed E-state index contributed by atoms with van der Waals surface area (Å²) in [6.07, 6.45) is 0. The third-order valence-electron chi connectivity index (χ3n) is 1.62. The zero-order valence-electron chi connectivity index (χ0n) is 8.64. The highest BCUT2D eigenvalue weighted by Crippen LogP contribution is 1.89. The predicted octanol–water partition coefficient (Wildman–Crippen LogP) is -0.380. The molecule has 0 amide bonds. The molecule has 0 aromatic heterocycles. The van der Waals surface area contributed by atoms with Crippen LogP contribution in [0.1, 0.15) is 13.8 Å². The van der Waals surface area contributed by atoms with Crippen LogP contribution in [0.25, 0.3) is 0 Å². The minimum Gasteiger partial charge on any atom is -0.737 e. The fourth-order valence-electron chi connectivity index (χ4n) is 0.966. The summed E-state index contributed by atoms with van der Waals surface area (Å²) in [7, 11) is 0. The number of hydrogen-bond acceptors (Lipinski definition) is 5. The van der Waals surface area contributed by atoms with Crippen LogP contribution in [0, 0.1) is 10.4 Å². The molecule has 0 unspecified atom stereocenters. The lowest BCUT2D eigenvalue weighted by molar-refractivity contribution is -0.689. The molecule has 0 aliphatic heterocycles. The Kier molecular flexibility index (Phi) is 6.77. The molecule has 0 atom stereocenters. The Labute approximate surface area is 83.7 Å². The minimum atomic E-state index is 0.0366. The van der Waals surface area contributed by atoms with Gasteiger partial charge in [-0.15, -0.1) is 5.01 Å². The zero-order valence-corrected chi connectivity index (χ0v) is 8.64. The molecule has 0 rings (SSSR count). The second kappa shape index (κ2) is 7.34. The molecule has 0 radical (unpaired) electrons. The van der Waals surface area contributed by atoms with Crippen LogP contribution in [0.2, 0.25) is 0 Å². The van der Waals surface area contributed by atoms with Crippen LogP contribution in [0.5, 0.6) is 0 Å². The third kappa shape index (κ3) is 5.55. The molecule has 0 aliphatic carbocycles. The zero-order chi connectivity index (χ0) is 11.0. The van der Waals surface area contributed by atoms with Gasteiger partial charge >= 0.3 is 0 Å². The summed E-state index contributed by atoms with van der Waals surface area (Å²) in [5, 5.41) is 27.5. The van der Waals surface area contributed by atoms with E-state index in [1.54, 1.807) is 0 Å². The molecule has 0 bridgehead atoms. The van der Waals surface area contributed by atoms with Gasteiger partial charge < -0.3 is 21.5 Å². The Balaban J connectivity index is 3.85. The average Bonchev–Trinajstić information content (AvgIpc) is 2.15. The number of nitrogens with zero attached hydrogens (tertiary/aromatic N) is 3. The van der Waals surface area contributed by atoms with E-state index in [4.69, 9.17) is 5.73 Å². The van der Waals surface area contributed by atoms with Gasteiger partial charge in [0.25, 0.3) is 0 Å². The summed E-state index contributed by atoms with van der Waals surface area (Å²) in [4.78, 5) is 0.0366. The lowest BCUT2D eigenvalue weighted by Gasteiger charge is -2.19. The average molecular weight is 204 g/mol. The van der Waals surface area contributed by atoms with Gasteiger partial charge in [0.1, 0.15) is 0 Å². The summed E-state index contributed by atoms with van der Waals surface area (Å²) in [6, 6.07) is 0.346. The number of nitrogens with two attached hydrogens (primary N) is 1. The molecular weight excluding hydrogens is 186 g/mol. The molecule has 0 fully saturated rings. The standard InChI is InChI=1S/C7H19N5O2/c1-7(2)9-4-6-11(5-3-8)12(14)10-13/h7,9,13H,3-6,8H2,1-2H3/p-1/b12-10-. The van der Waals surface area contributed by atoms with Gasteiger partial charge in [0.2, 0.25) is 0 Å². The highest BCUT2D eigenvalue weighted by Gasteiger charge is 2.09. The molecule has 0 aromatic rings. The van der Waals surface area contributed by atoms with Crippen LogP contribution >= 0.6 is 0 Å². The number of nitrogens with one attached hydrogen (secondary N) is 1. The van der Waals surface area contributed by atoms with Crippen molar-refractivity contribution in [3.8, 4) is 0 Å². The van der Waals surface area contributed by atoms with Gasteiger partial charge in [-0.2, -0.15) is 0 Å². The molecule has 3 N–H and O–H groups in total. The summed E-state index contributed by atoms with van der Waals surface area (Å²) in [6.45, 7) is 5.68. The molecule has 0 spiro atoms. The SMILES string of the molecule is CC(C)NCCN(CCN)/[N+]([O-])=N/[O-]. The molecule has 0 saturated carbocycles. The van der Waals surface area contributed by atoms with Crippen LogP contribution in [-0.2, 0) is 0 Å². The van der Waals surface area contributed by atoms with E-state index in [1.165, 1.54) is 5.01 Å². The van der Waals surface area contributed by atoms with Gasteiger partial charge in [-0.3, -0.25) is 0 Å². The van der Waals surface area contributed by atoms with Crippen molar-refractivity contribution in [2.45, 2.75) is 19.9 Å². The van der Waals surface area contributed by atoms with Crippen molar-refractivity contribution in [3.05, 3.63) is 10.4 Å². The Morgan fingerprint density at radius 2 is 2.14 bits per heavy atom. The molecular formula is C7H18N5O2-. The van der Waals surface area contributed by atoms with Crippen molar-refractivity contribution < 1.29 is 4.97 Å². The fraction of sp³-hybridized carbons (Fsp3) is 1.00. The molecule has 84 valence electrons. The number of rotatable bonds is 7. The number of hydrogen-bond donors (Lipinski definition) is 2. The molecule has 7 heteroatoms. The Hall–Kier alpha value is -1.08. The molecule has 0 aliphatic rings. The fourth-order valence-corrected chi connectivity index (χ4v) is 0.966. The van der Waals surface area contributed by atoms with Crippen molar-refractivity contribution in [1.29, 1.82) is 0 Å². The highest BCUT2D eigenvalue weighted by molar-refractivity contribution is 4.55. The monoisotopic (exact) mass is 204 g/mol. The molecule has 0 saturated heterocycles. The van der Waals surface area contributed by atoms with Crippen LogP contribution in [0.3, 0.4) is 0 Å². The van der Waals surface area contributed by atoms with Gasteiger partial charge in [0.05, 0.1) is 13.1 Å². The second-order valence-electron chi connectivity index (χ2n) is 3.19. The predicted molar refractivity (Wildman–Crippen MR) is 53.2 cm³/mol. The van der Waals surface area contributed by atoms with Crippen molar-refractivity contribution in [2.24, 2.45) is 11.0 Å². The van der Waals surface area contributed by atoms with Gasteiger partial charge in [0.15, 0.2) is 0 Å². The van der Waals surface area contributed by atoms with E-state index in [9.17, 15) is 10.4 Å². The summed E-state index contributed by atoms with van der Waals surface area (Å²) >= 11 is 0.